The van der Waals surface area contributed by atoms with Gasteiger partial charge in [0.05, 0.1) is 23.8 Å². The van der Waals surface area contributed by atoms with Crippen molar-refractivity contribution >= 4 is 48.6 Å². The summed E-state index contributed by atoms with van der Waals surface area (Å²) < 4.78 is 53.4. The fourth-order valence-electron chi connectivity index (χ4n) is 5.98. The molecule has 0 N–H and O–H groups in total. The molecule has 2 aromatic rings. The number of alkyl halides is 3. The standard InChI is InChI=1S/C31H48F3N5O4SSi/c1-30(2,3)43-29(41)37(18-31(32,33)34)17-22-8-10-23(11-9-22)39-19-38(21-44-4)28(40)25-16-35-27-24(26(25)39)12-13-36(27)20-42-14-15-45(5,6)7/h12-13,16,22-23H,8-11,14-15,17-21H2,1-7H3. The second-order valence-electron chi connectivity index (χ2n) is 14.4. The molecule has 252 valence electrons. The second kappa shape index (κ2) is 14.1. The Morgan fingerprint density at radius 1 is 1.16 bits per heavy atom. The summed E-state index contributed by atoms with van der Waals surface area (Å²) in [6.45, 7) is 12.0. The van der Waals surface area contributed by atoms with E-state index in [1.165, 1.54) is 0 Å². The van der Waals surface area contributed by atoms with Crippen LogP contribution in [0.2, 0.25) is 25.7 Å². The second-order valence-corrected chi connectivity index (χ2v) is 20.9. The minimum Gasteiger partial charge on any atom is -0.444 e. The molecule has 9 nitrogen and oxygen atoms in total. The molecule has 1 aliphatic heterocycles. The van der Waals surface area contributed by atoms with E-state index in [-0.39, 0.29) is 24.4 Å². The van der Waals surface area contributed by atoms with E-state index in [1.54, 1.807) is 38.7 Å². The maximum atomic E-state index is 13.5. The number of ether oxygens (including phenoxy) is 2. The minimum absolute atomic E-state index is 0.0104. The molecule has 1 aliphatic carbocycles. The molecular formula is C31H48F3N5O4SSi. The molecular weight excluding hydrogens is 624 g/mol. The maximum absolute atomic E-state index is 13.5. The van der Waals surface area contributed by atoms with Crippen molar-refractivity contribution in [1.82, 2.24) is 19.4 Å². The van der Waals surface area contributed by atoms with Crippen molar-refractivity contribution in [1.29, 1.82) is 0 Å². The third-order valence-electron chi connectivity index (χ3n) is 8.16. The normalized spacial score (nSPS) is 19.6. The number of carbonyl (C=O) groups excluding carboxylic acids is 2. The van der Waals surface area contributed by atoms with E-state index in [2.05, 4.69) is 24.5 Å². The molecule has 0 unspecified atom stereocenters. The van der Waals surface area contributed by atoms with Gasteiger partial charge in [-0.15, -0.1) is 11.8 Å². The van der Waals surface area contributed by atoms with E-state index in [0.29, 0.717) is 44.3 Å². The van der Waals surface area contributed by atoms with Crippen molar-refractivity contribution in [3.8, 4) is 0 Å². The van der Waals surface area contributed by atoms with Crippen LogP contribution in [0.25, 0.3) is 11.0 Å². The van der Waals surface area contributed by atoms with Crippen molar-refractivity contribution in [3.05, 3.63) is 24.0 Å². The Hall–Kier alpha value is -2.45. The summed E-state index contributed by atoms with van der Waals surface area (Å²) in [5.74, 6) is 0.394. The molecule has 0 atom stereocenters. The number of thioether (sulfide) groups is 1. The first-order valence-electron chi connectivity index (χ1n) is 15.6. The van der Waals surface area contributed by atoms with E-state index in [9.17, 15) is 22.8 Å². The number of anilines is 1. The molecule has 0 saturated heterocycles. The maximum Gasteiger partial charge on any atom is 0.410 e. The average molecular weight is 672 g/mol. The number of aromatic nitrogens is 2. The summed E-state index contributed by atoms with van der Waals surface area (Å²) >= 11 is 1.57. The smallest absolute Gasteiger partial charge is 0.410 e. The number of hydrogen-bond donors (Lipinski definition) is 0. The fourth-order valence-corrected chi connectivity index (χ4v) is 7.24. The first kappa shape index (κ1) is 35.4. The summed E-state index contributed by atoms with van der Waals surface area (Å²) in [6.07, 6.45) is 2.88. The van der Waals surface area contributed by atoms with Crippen LogP contribution in [0, 0.1) is 5.92 Å². The zero-order valence-electron chi connectivity index (χ0n) is 27.6. The lowest BCUT2D eigenvalue weighted by Crippen LogP contribution is -2.52. The Bertz CT molecular complexity index is 1340. The van der Waals surface area contributed by atoms with Crippen LogP contribution in [0.3, 0.4) is 0 Å². The van der Waals surface area contributed by atoms with Crippen LogP contribution in [-0.2, 0) is 16.2 Å². The van der Waals surface area contributed by atoms with E-state index in [1.807, 2.05) is 28.0 Å². The van der Waals surface area contributed by atoms with Gasteiger partial charge >= 0.3 is 12.3 Å². The molecule has 2 aromatic heterocycles. The van der Waals surface area contributed by atoms with E-state index in [0.717, 1.165) is 40.5 Å². The number of pyridine rings is 1. The molecule has 0 spiro atoms. The van der Waals surface area contributed by atoms with Crippen LogP contribution in [0.4, 0.5) is 23.7 Å². The Balaban J connectivity index is 1.53. The van der Waals surface area contributed by atoms with Gasteiger partial charge in [0, 0.05) is 45.0 Å². The molecule has 0 aromatic carbocycles. The average Bonchev–Trinajstić information content (AvgIpc) is 3.34. The Morgan fingerprint density at radius 3 is 2.44 bits per heavy atom. The first-order chi connectivity index (χ1) is 21.0. The van der Waals surface area contributed by atoms with Crippen molar-refractivity contribution < 1.29 is 32.2 Å². The van der Waals surface area contributed by atoms with Crippen LogP contribution in [0.5, 0.6) is 0 Å². The highest BCUT2D eigenvalue weighted by molar-refractivity contribution is 7.98. The molecule has 1 fully saturated rings. The van der Waals surface area contributed by atoms with Crippen molar-refractivity contribution in [2.75, 3.05) is 43.4 Å². The van der Waals surface area contributed by atoms with Crippen molar-refractivity contribution in [2.24, 2.45) is 5.92 Å². The monoisotopic (exact) mass is 671 g/mol. The van der Waals surface area contributed by atoms with Gasteiger partial charge in [0.25, 0.3) is 5.91 Å². The van der Waals surface area contributed by atoms with Crippen LogP contribution in [-0.4, -0.2) is 95.7 Å². The predicted molar refractivity (Wildman–Crippen MR) is 175 cm³/mol. The lowest BCUT2D eigenvalue weighted by molar-refractivity contribution is -0.146. The van der Waals surface area contributed by atoms with Gasteiger partial charge in [0.15, 0.2) is 0 Å². The minimum atomic E-state index is -4.52. The van der Waals surface area contributed by atoms with Gasteiger partial charge in [0.2, 0.25) is 0 Å². The number of nitrogens with zero attached hydrogens (tertiary/aromatic N) is 5. The van der Waals surface area contributed by atoms with E-state index in [4.69, 9.17) is 14.5 Å². The summed E-state index contributed by atoms with van der Waals surface area (Å²) in [5.41, 5.74) is 1.29. The Kier molecular flexibility index (Phi) is 11.1. The number of rotatable bonds is 11. The van der Waals surface area contributed by atoms with Crippen LogP contribution >= 0.6 is 11.8 Å². The molecule has 0 bridgehead atoms. The largest absolute Gasteiger partial charge is 0.444 e. The van der Waals surface area contributed by atoms with Crippen LogP contribution < -0.4 is 4.90 Å². The van der Waals surface area contributed by atoms with Gasteiger partial charge in [0.1, 0.15) is 24.5 Å². The summed E-state index contributed by atoms with van der Waals surface area (Å²) in [4.78, 5) is 35.8. The lowest BCUT2D eigenvalue weighted by Gasteiger charge is -2.45. The zero-order valence-corrected chi connectivity index (χ0v) is 29.4. The highest BCUT2D eigenvalue weighted by atomic mass is 32.2. The highest BCUT2D eigenvalue weighted by Crippen LogP contribution is 2.40. The number of carbonyl (C=O) groups is 2. The molecule has 2 amide bonds. The Morgan fingerprint density at radius 2 is 1.84 bits per heavy atom. The molecule has 2 aliphatic rings. The predicted octanol–water partition coefficient (Wildman–Crippen LogP) is 7.25. The van der Waals surface area contributed by atoms with Crippen molar-refractivity contribution in [3.63, 3.8) is 0 Å². The molecule has 3 heterocycles. The quantitative estimate of drug-likeness (QED) is 0.184. The Labute approximate surface area is 269 Å². The van der Waals surface area contributed by atoms with Crippen molar-refractivity contribution in [2.45, 2.75) is 96.7 Å². The van der Waals surface area contributed by atoms with Gasteiger partial charge in [-0.3, -0.25) is 9.69 Å². The third kappa shape index (κ3) is 9.54. The lowest BCUT2D eigenvalue weighted by atomic mass is 9.84. The first-order valence-corrected chi connectivity index (χ1v) is 20.7. The number of fused-ring (bicyclic) bond motifs is 3. The van der Waals surface area contributed by atoms with Gasteiger partial charge in [-0.2, -0.15) is 13.2 Å². The summed E-state index contributed by atoms with van der Waals surface area (Å²) in [6, 6.07) is 3.14. The van der Waals surface area contributed by atoms with Gasteiger partial charge < -0.3 is 23.8 Å². The number of halogens is 3. The molecule has 45 heavy (non-hydrogen) atoms. The van der Waals surface area contributed by atoms with E-state index >= 15 is 0 Å². The zero-order chi connectivity index (χ0) is 33.2. The molecule has 1 saturated carbocycles. The summed E-state index contributed by atoms with van der Waals surface area (Å²) in [7, 11) is -1.22. The molecule has 4 rings (SSSR count). The molecule has 0 radical (unpaired) electrons. The number of hydrogen-bond acceptors (Lipinski definition) is 7. The van der Waals surface area contributed by atoms with Crippen LogP contribution in [0.15, 0.2) is 18.5 Å². The van der Waals surface area contributed by atoms with E-state index < -0.39 is 32.5 Å². The number of amides is 2. The van der Waals surface area contributed by atoms with Gasteiger partial charge in [-0.25, -0.2) is 9.78 Å². The van der Waals surface area contributed by atoms with Crippen LogP contribution in [0.1, 0.15) is 56.8 Å². The SMILES string of the molecule is CSCN1CN(C2CCC(CN(CC(F)(F)F)C(=O)OC(C)(C)C)CC2)c2c(cnc3c2ccn3COCC[Si](C)(C)C)C1=O. The van der Waals surface area contributed by atoms with Gasteiger partial charge in [-0.1, -0.05) is 19.6 Å². The summed E-state index contributed by atoms with van der Waals surface area (Å²) in [5, 5.41) is 0.891. The fraction of sp³-hybridized carbons (Fsp3) is 0.710. The molecule has 14 heteroatoms. The van der Waals surface area contributed by atoms with Gasteiger partial charge in [-0.05, 0) is 70.7 Å². The topological polar surface area (TPSA) is 80.1 Å². The highest BCUT2D eigenvalue weighted by Gasteiger charge is 2.39. The third-order valence-corrected chi connectivity index (χ3v) is 10.4.